The van der Waals surface area contributed by atoms with E-state index in [0.29, 0.717) is 33.9 Å². The fraction of sp³-hybridized carbons (Fsp3) is 0.348. The van der Waals surface area contributed by atoms with Gasteiger partial charge < -0.3 is 9.15 Å². The van der Waals surface area contributed by atoms with Gasteiger partial charge in [0.1, 0.15) is 22.5 Å². The zero-order valence-electron chi connectivity index (χ0n) is 18.1. The Morgan fingerprint density at radius 2 is 1.70 bits per heavy atom. The van der Waals surface area contributed by atoms with Crippen LogP contribution in [0, 0.1) is 6.92 Å². The molecule has 0 aliphatic carbocycles. The van der Waals surface area contributed by atoms with E-state index in [9.17, 15) is 13.2 Å². The van der Waals surface area contributed by atoms with Crippen LogP contribution < -0.4 is 4.72 Å². The Bertz CT molecular complexity index is 1180. The fourth-order valence-electron chi connectivity index (χ4n) is 3.11. The molecule has 0 aliphatic rings. The predicted molar refractivity (Wildman–Crippen MR) is 117 cm³/mol. The molecule has 1 N–H and O–H groups in total. The summed E-state index contributed by atoms with van der Waals surface area (Å²) < 4.78 is 39.3. The number of rotatable bonds is 5. The summed E-state index contributed by atoms with van der Waals surface area (Å²) in [6.45, 7) is 11.1. The van der Waals surface area contributed by atoms with Gasteiger partial charge in [-0.2, -0.15) is 0 Å². The molecule has 2 aromatic carbocycles. The highest BCUT2D eigenvalue weighted by Gasteiger charge is 2.25. The van der Waals surface area contributed by atoms with Crippen molar-refractivity contribution in [2.24, 2.45) is 0 Å². The number of fused-ring (bicyclic) bond motifs is 1. The van der Waals surface area contributed by atoms with E-state index in [0.717, 1.165) is 5.56 Å². The molecule has 0 saturated carbocycles. The van der Waals surface area contributed by atoms with Crippen molar-refractivity contribution < 1.29 is 22.4 Å². The van der Waals surface area contributed by atoms with Gasteiger partial charge in [0.2, 0.25) is 0 Å². The monoisotopic (exact) mass is 429 g/mol. The van der Waals surface area contributed by atoms with Gasteiger partial charge in [0, 0.05) is 11.1 Å². The van der Waals surface area contributed by atoms with Crippen molar-refractivity contribution in [1.82, 2.24) is 0 Å². The summed E-state index contributed by atoms with van der Waals surface area (Å²) in [6, 6.07) is 11.6. The summed E-state index contributed by atoms with van der Waals surface area (Å²) >= 11 is 0. The number of carbonyl (C=O) groups excluding carboxylic acids is 1. The van der Waals surface area contributed by atoms with E-state index >= 15 is 0 Å². The molecule has 1 aromatic heterocycles. The molecule has 3 aromatic rings. The maximum atomic E-state index is 12.8. The third kappa shape index (κ3) is 4.67. The first-order valence-electron chi connectivity index (χ1n) is 9.76. The Morgan fingerprint density at radius 3 is 2.27 bits per heavy atom. The van der Waals surface area contributed by atoms with Gasteiger partial charge in [0.05, 0.1) is 4.90 Å². The van der Waals surface area contributed by atoms with Crippen molar-refractivity contribution in [3.63, 3.8) is 0 Å². The topological polar surface area (TPSA) is 85.6 Å². The van der Waals surface area contributed by atoms with Gasteiger partial charge in [-0.15, -0.1) is 0 Å². The molecule has 0 saturated heterocycles. The fourth-order valence-corrected chi connectivity index (χ4v) is 4.16. The molecule has 0 amide bonds. The average Bonchev–Trinajstić information content (AvgIpc) is 2.95. The van der Waals surface area contributed by atoms with Crippen molar-refractivity contribution in [3.8, 4) is 0 Å². The normalized spacial score (nSPS) is 12.4. The van der Waals surface area contributed by atoms with Crippen molar-refractivity contribution in [1.29, 1.82) is 0 Å². The summed E-state index contributed by atoms with van der Waals surface area (Å²) in [5.41, 5.74) is 1.52. The Kier molecular flexibility index (Phi) is 5.69. The van der Waals surface area contributed by atoms with Gasteiger partial charge in [-0.3, -0.25) is 4.72 Å². The Morgan fingerprint density at radius 1 is 1.07 bits per heavy atom. The number of carbonyl (C=O) groups is 1. The maximum Gasteiger partial charge on any atom is 0.342 e. The number of ether oxygens (including phenoxy) is 1. The van der Waals surface area contributed by atoms with Gasteiger partial charge in [-0.1, -0.05) is 26.0 Å². The third-order valence-corrected chi connectivity index (χ3v) is 5.97. The van der Waals surface area contributed by atoms with E-state index in [1.54, 1.807) is 58.0 Å². The second-order valence-electron chi connectivity index (χ2n) is 8.58. The molecule has 0 unspecified atom stereocenters. The number of benzene rings is 2. The summed E-state index contributed by atoms with van der Waals surface area (Å²) in [7, 11) is -3.78. The maximum absolute atomic E-state index is 12.8. The van der Waals surface area contributed by atoms with Crippen LogP contribution in [-0.4, -0.2) is 20.0 Å². The lowest BCUT2D eigenvalue weighted by atomic mass is 10.0. The van der Waals surface area contributed by atoms with Crippen molar-refractivity contribution in [2.45, 2.75) is 58.0 Å². The smallest absolute Gasteiger partial charge is 0.342 e. The van der Waals surface area contributed by atoms with Crippen LogP contribution in [0.3, 0.4) is 0 Å². The van der Waals surface area contributed by atoms with E-state index in [4.69, 9.17) is 9.15 Å². The summed E-state index contributed by atoms with van der Waals surface area (Å²) in [4.78, 5) is 12.8. The van der Waals surface area contributed by atoms with E-state index in [1.165, 1.54) is 0 Å². The van der Waals surface area contributed by atoms with Crippen LogP contribution in [0.4, 0.5) is 5.69 Å². The molecular formula is C23H27NO5S. The second-order valence-corrected chi connectivity index (χ2v) is 10.3. The number of sulfonamides is 1. The van der Waals surface area contributed by atoms with Gasteiger partial charge >= 0.3 is 5.97 Å². The summed E-state index contributed by atoms with van der Waals surface area (Å²) in [6.07, 6.45) is 0. The molecule has 0 fully saturated rings. The van der Waals surface area contributed by atoms with Crippen molar-refractivity contribution in [3.05, 3.63) is 59.4 Å². The number of aryl methyl sites for hydroxylation is 1. The lowest BCUT2D eigenvalue weighted by Gasteiger charge is -2.19. The minimum atomic E-state index is -3.78. The highest BCUT2D eigenvalue weighted by molar-refractivity contribution is 7.92. The zero-order chi connectivity index (χ0) is 22.3. The quantitative estimate of drug-likeness (QED) is 0.532. The molecule has 0 atom stereocenters. The average molecular weight is 430 g/mol. The molecule has 0 aliphatic heterocycles. The largest absolute Gasteiger partial charge is 0.460 e. The highest BCUT2D eigenvalue weighted by Crippen LogP contribution is 2.31. The number of hydrogen-bond acceptors (Lipinski definition) is 5. The summed E-state index contributed by atoms with van der Waals surface area (Å²) in [5, 5.41) is 0.497. The lowest BCUT2D eigenvalue weighted by Crippen LogP contribution is -2.24. The predicted octanol–water partition coefficient (Wildman–Crippen LogP) is 5.62. The van der Waals surface area contributed by atoms with Crippen LogP contribution in [0.15, 0.2) is 51.8 Å². The Balaban J connectivity index is 1.95. The molecule has 3 rings (SSSR count). The Labute approximate surface area is 177 Å². The molecule has 7 heteroatoms. The first kappa shape index (κ1) is 21.9. The van der Waals surface area contributed by atoms with E-state index in [2.05, 4.69) is 4.72 Å². The standard InChI is InChI=1S/C23H27NO5S/c1-14(2)16-7-10-18(11-8-16)30(26,27)24-17-9-12-20-19(13-17)21(15(3)28-20)22(25)29-23(4,5)6/h7-14,24H,1-6H3. The number of anilines is 1. The van der Waals surface area contributed by atoms with Crippen LogP contribution in [0.1, 0.15) is 62.2 Å². The van der Waals surface area contributed by atoms with Crippen LogP contribution in [0.2, 0.25) is 0 Å². The minimum Gasteiger partial charge on any atom is -0.460 e. The SMILES string of the molecule is Cc1oc2ccc(NS(=O)(=O)c3ccc(C(C)C)cc3)cc2c1C(=O)OC(C)(C)C. The van der Waals surface area contributed by atoms with Gasteiger partial charge in [-0.25, -0.2) is 13.2 Å². The highest BCUT2D eigenvalue weighted by atomic mass is 32.2. The third-order valence-electron chi connectivity index (χ3n) is 4.58. The first-order valence-corrected chi connectivity index (χ1v) is 11.2. The molecule has 0 bridgehead atoms. The molecule has 0 radical (unpaired) electrons. The zero-order valence-corrected chi connectivity index (χ0v) is 18.9. The first-order chi connectivity index (χ1) is 13.9. The van der Waals surface area contributed by atoms with E-state index < -0.39 is 21.6 Å². The van der Waals surface area contributed by atoms with Crippen LogP contribution in [0.5, 0.6) is 0 Å². The van der Waals surface area contributed by atoms with Gasteiger partial charge in [0.25, 0.3) is 10.0 Å². The van der Waals surface area contributed by atoms with Crippen LogP contribution in [-0.2, 0) is 14.8 Å². The molecule has 160 valence electrons. The van der Waals surface area contributed by atoms with E-state index in [-0.39, 0.29) is 4.90 Å². The van der Waals surface area contributed by atoms with Crippen molar-refractivity contribution in [2.75, 3.05) is 4.72 Å². The molecule has 1 heterocycles. The molecular weight excluding hydrogens is 402 g/mol. The van der Waals surface area contributed by atoms with Gasteiger partial charge in [-0.05, 0) is 69.5 Å². The number of hydrogen-bond donors (Lipinski definition) is 1. The Hall–Kier alpha value is -2.80. The lowest BCUT2D eigenvalue weighted by molar-refractivity contribution is 0.00698. The van der Waals surface area contributed by atoms with Gasteiger partial charge in [0.15, 0.2) is 0 Å². The van der Waals surface area contributed by atoms with Crippen LogP contribution in [0.25, 0.3) is 11.0 Å². The van der Waals surface area contributed by atoms with Crippen molar-refractivity contribution >= 4 is 32.6 Å². The minimum absolute atomic E-state index is 0.169. The number of esters is 1. The number of nitrogens with one attached hydrogen (secondary N) is 1. The van der Waals surface area contributed by atoms with E-state index in [1.807, 2.05) is 26.0 Å². The van der Waals surface area contributed by atoms with Crippen LogP contribution >= 0.6 is 0 Å². The molecule has 30 heavy (non-hydrogen) atoms. The molecule has 0 spiro atoms. The molecule has 6 nitrogen and oxygen atoms in total. The number of furan rings is 1. The second kappa shape index (κ2) is 7.80. The summed E-state index contributed by atoms with van der Waals surface area (Å²) in [5.74, 6) is 0.222.